The molecule has 0 spiro atoms. The van der Waals surface area contributed by atoms with Gasteiger partial charge in [-0.15, -0.1) is 0 Å². The molecule has 87 heavy (non-hydrogen) atoms. The summed E-state index contributed by atoms with van der Waals surface area (Å²) in [5.41, 5.74) is -6.80. The third-order valence-electron chi connectivity index (χ3n) is 16.9. The number of hydrogen-bond donors (Lipinski definition) is 2. The van der Waals surface area contributed by atoms with Gasteiger partial charge in [0, 0.05) is 37.7 Å². The molecule has 0 radical (unpaired) electrons. The first-order chi connectivity index (χ1) is 41.5. The largest absolute Gasteiger partial charge is 0.509 e. The highest BCUT2D eigenvalue weighted by atomic mass is 31.2. The van der Waals surface area contributed by atoms with Gasteiger partial charge in [0.25, 0.3) is 5.91 Å². The number of hydrogen-bond acceptors (Lipinski definition) is 20. The maximum atomic E-state index is 16.6. The summed E-state index contributed by atoms with van der Waals surface area (Å²) >= 11 is 0. The lowest BCUT2D eigenvalue weighted by Crippen LogP contribution is -2.82. The molecule has 5 aromatic rings. The van der Waals surface area contributed by atoms with Crippen molar-refractivity contribution in [3.63, 3.8) is 0 Å². The van der Waals surface area contributed by atoms with Crippen LogP contribution in [0.4, 0.5) is 4.79 Å². The van der Waals surface area contributed by atoms with Crippen LogP contribution in [0.15, 0.2) is 163 Å². The molecular formula is C65H70NO20P. The van der Waals surface area contributed by atoms with E-state index in [9.17, 15) is 33.6 Å². The number of esters is 4. The molecule has 460 valence electrons. The lowest BCUT2D eigenvalue weighted by molar-refractivity contribution is -0.350. The fraction of sp³-hybridized carbons (Fsp3) is 0.400. The molecule has 2 N–H and O–H groups in total. The number of ether oxygens (including phenoxy) is 8. The van der Waals surface area contributed by atoms with E-state index in [-0.39, 0.29) is 48.5 Å². The van der Waals surface area contributed by atoms with E-state index >= 15 is 9.59 Å². The van der Waals surface area contributed by atoms with Crippen molar-refractivity contribution in [1.82, 2.24) is 5.32 Å². The zero-order chi connectivity index (χ0) is 62.3. The minimum atomic E-state index is -4.58. The number of aliphatic hydroxyl groups is 1. The first kappa shape index (κ1) is 63.6. The summed E-state index contributed by atoms with van der Waals surface area (Å²) in [5.74, 6) is -7.39. The first-order valence-electron chi connectivity index (χ1n) is 28.4. The number of phosphoric ester groups is 1. The smallest absolute Gasteiger partial charge is 0.455 e. The number of ketones is 1. The predicted octanol–water partition coefficient (Wildman–Crippen LogP) is 9.46. The molecule has 4 aliphatic rings. The van der Waals surface area contributed by atoms with E-state index in [1.165, 1.54) is 58.9 Å². The Morgan fingerprint density at radius 1 is 0.759 bits per heavy atom. The zero-order valence-electron chi connectivity index (χ0n) is 49.2. The molecule has 1 heterocycles. The summed E-state index contributed by atoms with van der Waals surface area (Å²) in [6, 6.07) is 40.1. The average Bonchev–Trinajstić information content (AvgIpc) is 0.678. The normalized spacial score (nSPS) is 26.1. The summed E-state index contributed by atoms with van der Waals surface area (Å²) in [4.78, 5) is 102. The van der Waals surface area contributed by atoms with Crippen LogP contribution in [0, 0.1) is 16.7 Å². The Morgan fingerprint density at radius 2 is 1.32 bits per heavy atom. The van der Waals surface area contributed by atoms with Crippen LogP contribution in [-0.4, -0.2) is 115 Å². The van der Waals surface area contributed by atoms with Crippen molar-refractivity contribution in [3.8, 4) is 0 Å². The van der Waals surface area contributed by atoms with E-state index in [4.69, 9.17) is 51.5 Å². The summed E-state index contributed by atoms with van der Waals surface area (Å²) in [6.07, 6.45) is -12.5. The molecule has 3 aliphatic carbocycles. The van der Waals surface area contributed by atoms with Crippen LogP contribution in [0.1, 0.15) is 105 Å². The molecule has 3 fully saturated rings. The number of carbonyl (C=O) groups is 7. The van der Waals surface area contributed by atoms with Gasteiger partial charge < -0.3 is 48.3 Å². The molecule has 9 rings (SSSR count). The Bertz CT molecular complexity index is 3340. The van der Waals surface area contributed by atoms with E-state index in [1.54, 1.807) is 127 Å². The molecule has 1 aliphatic heterocycles. The highest BCUT2D eigenvalue weighted by Crippen LogP contribution is 2.65. The van der Waals surface area contributed by atoms with Crippen molar-refractivity contribution >= 4 is 49.5 Å². The van der Waals surface area contributed by atoms with E-state index < -0.39 is 140 Å². The lowest BCUT2D eigenvalue weighted by Gasteiger charge is -2.67. The summed E-state index contributed by atoms with van der Waals surface area (Å²) in [7, 11) is -4.58. The van der Waals surface area contributed by atoms with Crippen molar-refractivity contribution in [2.45, 2.75) is 128 Å². The van der Waals surface area contributed by atoms with Gasteiger partial charge >= 0.3 is 37.9 Å². The van der Waals surface area contributed by atoms with Gasteiger partial charge in [0.1, 0.15) is 30.0 Å². The fourth-order valence-corrected chi connectivity index (χ4v) is 13.5. The minimum absolute atomic E-state index is 0.00249. The van der Waals surface area contributed by atoms with Gasteiger partial charge in [0.05, 0.1) is 49.4 Å². The van der Waals surface area contributed by atoms with Crippen LogP contribution in [0.5, 0.6) is 0 Å². The quantitative estimate of drug-likeness (QED) is 0.0215. The van der Waals surface area contributed by atoms with Crippen LogP contribution in [0.2, 0.25) is 0 Å². The average molecular weight is 1220 g/mol. The number of benzene rings is 5. The Labute approximate surface area is 503 Å². The lowest BCUT2D eigenvalue weighted by atomic mass is 9.44. The van der Waals surface area contributed by atoms with Gasteiger partial charge in [-0.05, 0) is 72.9 Å². The molecule has 2 bridgehead atoms. The number of nitrogens with one attached hydrogen (secondary N) is 1. The number of rotatable bonds is 22. The molecule has 21 nitrogen and oxygen atoms in total. The van der Waals surface area contributed by atoms with Gasteiger partial charge in [0.15, 0.2) is 24.3 Å². The Balaban J connectivity index is 1.18. The van der Waals surface area contributed by atoms with Gasteiger partial charge in [-0.2, -0.15) is 0 Å². The van der Waals surface area contributed by atoms with Crippen LogP contribution in [-0.2, 0) is 88.4 Å². The van der Waals surface area contributed by atoms with Gasteiger partial charge in [-0.25, -0.2) is 18.9 Å². The van der Waals surface area contributed by atoms with Crippen molar-refractivity contribution in [3.05, 3.63) is 191 Å². The second-order valence-corrected chi connectivity index (χ2v) is 24.2. The highest BCUT2D eigenvalue weighted by Gasteiger charge is 2.79. The summed E-state index contributed by atoms with van der Waals surface area (Å²) in [6.45, 7) is 7.82. The van der Waals surface area contributed by atoms with Crippen LogP contribution < -0.4 is 5.32 Å². The van der Waals surface area contributed by atoms with Crippen molar-refractivity contribution in [2.24, 2.45) is 16.7 Å². The maximum absolute atomic E-state index is 16.6. The van der Waals surface area contributed by atoms with E-state index in [0.29, 0.717) is 16.7 Å². The predicted molar refractivity (Wildman–Crippen MR) is 308 cm³/mol. The molecule has 5 aromatic carbocycles. The Morgan fingerprint density at radius 3 is 1.86 bits per heavy atom. The minimum Gasteiger partial charge on any atom is -0.455 e. The molecule has 2 saturated carbocycles. The molecular weight excluding hydrogens is 1150 g/mol. The monoisotopic (exact) mass is 1220 g/mol. The van der Waals surface area contributed by atoms with Crippen molar-refractivity contribution < 1.29 is 94.7 Å². The van der Waals surface area contributed by atoms with Gasteiger partial charge in [-0.1, -0.05) is 141 Å². The topological polar surface area (TPSA) is 270 Å². The molecule has 1 amide bonds. The third-order valence-corrected chi connectivity index (χ3v) is 18.2. The number of Topliss-reactive ketones (excluding diaryl/α,β-unsaturated/α-hetero) is 1. The number of fused-ring (bicyclic) bond motifs is 5. The van der Waals surface area contributed by atoms with Gasteiger partial charge in [0.2, 0.25) is 6.10 Å². The number of phosphoric acid groups is 1. The van der Waals surface area contributed by atoms with E-state index in [0.717, 1.165) is 13.8 Å². The second kappa shape index (κ2) is 26.6. The molecule has 22 heteroatoms. The van der Waals surface area contributed by atoms with Crippen molar-refractivity contribution in [2.75, 3.05) is 20.0 Å². The molecule has 1 saturated heterocycles. The third kappa shape index (κ3) is 13.2. The molecule has 11 atom stereocenters. The van der Waals surface area contributed by atoms with Crippen LogP contribution in [0.3, 0.4) is 0 Å². The number of carbonyl (C=O) groups excluding carboxylic acids is 7. The second-order valence-electron chi connectivity index (χ2n) is 22.5. The highest BCUT2D eigenvalue weighted by molar-refractivity contribution is 7.48. The summed E-state index contributed by atoms with van der Waals surface area (Å²) in [5, 5.41) is 17.2. The van der Waals surface area contributed by atoms with E-state index in [1.807, 2.05) is 0 Å². The Kier molecular flexibility index (Phi) is 19.5. The fourth-order valence-electron chi connectivity index (χ4n) is 12.5. The maximum Gasteiger partial charge on any atom is 0.509 e. The Hall–Kier alpha value is -7.88. The SMILES string of the molecule is CCOC(=O)O[C@@H](C(=O)O[C@H]1C[C@@]2(O)C(OC(=O)c3ccccc3)C3[C@](C)(C(=O)[C@H](OC(C)=O)C(=C1C)C2(C)C)[C@@H](OCOP(=O)(OCc1ccccc1)OCc1ccccc1)C[C@H]1OC[C@@]31OC(C)=O)[C@@H](N[14C](=O)c1ccccc1)c1ccccc1. The first-order valence-corrected chi connectivity index (χ1v) is 29.9. The molecule has 2 unspecified atom stereocenters. The van der Waals surface area contributed by atoms with E-state index in [2.05, 4.69) is 5.32 Å². The van der Waals surface area contributed by atoms with Crippen LogP contribution >= 0.6 is 7.82 Å². The molecule has 0 aromatic heterocycles. The summed E-state index contributed by atoms with van der Waals surface area (Å²) < 4.78 is 81.7. The van der Waals surface area contributed by atoms with Gasteiger partial charge in [-0.3, -0.25) is 32.7 Å². The van der Waals surface area contributed by atoms with Crippen molar-refractivity contribution in [1.29, 1.82) is 0 Å². The van der Waals surface area contributed by atoms with Crippen LogP contribution in [0.25, 0.3) is 0 Å². The zero-order valence-corrected chi connectivity index (χ0v) is 50.0. The number of amides is 1. The standard InChI is InChI=1S/C65H70NO20P/c1-8-76-61(73)84-54(52(45-28-18-11-19-29-45)66-58(70)46-30-20-12-21-31-46)60(72)83-48-35-65(74)57(85-59(71)47-32-22-13-23-33-47)55-63(7,56(69)53(82-41(3)67)51(40(48)2)62(65,5)6)49(34-50-64(55,38-77-50)86-42(4)68)78-39-81-87(75,79-36-43-24-14-9-15-25-43)80-37-44-26-16-10-17-27-44/h9-33,48-50,52-55,57,74H,8,34-39H2,1-7H3,(H,66,70)/t48-,49-,50+,52-,53+,54+,55?,57?,63+,64-,65+/m0/s1/i58+2.